The first-order chi connectivity index (χ1) is 19.7. The maximum absolute atomic E-state index is 16.0. The average Bonchev–Trinajstić information content (AvgIpc) is 3.42. The van der Waals surface area contributed by atoms with Crippen LogP contribution in [0.3, 0.4) is 0 Å². The number of methoxy groups -OCH3 is 1. The molecular weight excluding hydrogens is 568 g/mol. The van der Waals surface area contributed by atoms with Crippen molar-refractivity contribution in [3.05, 3.63) is 63.4 Å². The molecule has 3 fully saturated rings. The summed E-state index contributed by atoms with van der Waals surface area (Å²) in [4.78, 5) is 40.6. The summed E-state index contributed by atoms with van der Waals surface area (Å²) in [5, 5.41) is 10.3. The number of benzene rings is 2. The van der Waals surface area contributed by atoms with Crippen molar-refractivity contribution in [1.82, 2.24) is 10.6 Å². The normalized spacial score (nSPS) is 30.2. The molecule has 218 valence electrons. The van der Waals surface area contributed by atoms with Gasteiger partial charge in [-0.15, -0.1) is 0 Å². The summed E-state index contributed by atoms with van der Waals surface area (Å²) < 4.78 is 20.9. The third kappa shape index (κ3) is 4.45. The van der Waals surface area contributed by atoms with E-state index >= 15 is 4.39 Å². The van der Waals surface area contributed by atoms with E-state index in [1.165, 1.54) is 13.2 Å². The minimum Gasteiger partial charge on any atom is -0.469 e. The fourth-order valence-corrected chi connectivity index (χ4v) is 8.50. The van der Waals surface area contributed by atoms with Crippen molar-refractivity contribution in [2.24, 2.45) is 5.92 Å². The van der Waals surface area contributed by atoms with Gasteiger partial charge in [-0.2, -0.15) is 0 Å². The molecule has 0 unspecified atom stereocenters. The Morgan fingerprint density at radius 2 is 1.78 bits per heavy atom. The number of nitrogens with one attached hydrogen (secondary N) is 3. The van der Waals surface area contributed by atoms with Crippen LogP contribution in [0.15, 0.2) is 36.4 Å². The van der Waals surface area contributed by atoms with Crippen molar-refractivity contribution in [2.75, 3.05) is 12.4 Å². The molecule has 6 rings (SSSR count). The summed E-state index contributed by atoms with van der Waals surface area (Å²) in [5.41, 5.74) is -0.495. The van der Waals surface area contributed by atoms with E-state index in [0.29, 0.717) is 49.2 Å². The van der Waals surface area contributed by atoms with Gasteiger partial charge in [0.25, 0.3) is 0 Å². The molecule has 41 heavy (non-hydrogen) atoms. The fraction of sp³-hybridized carbons (Fsp3) is 0.516. The molecule has 2 aromatic carbocycles. The smallest absolute Gasteiger partial charge is 0.308 e. The Morgan fingerprint density at radius 3 is 2.49 bits per heavy atom. The van der Waals surface area contributed by atoms with Gasteiger partial charge in [0.2, 0.25) is 11.8 Å². The number of amides is 2. The van der Waals surface area contributed by atoms with Gasteiger partial charge in [-0.05, 0) is 67.9 Å². The van der Waals surface area contributed by atoms with Gasteiger partial charge >= 0.3 is 5.97 Å². The number of carbonyl (C=O) groups excluding carboxylic acids is 3. The molecule has 2 spiro atoms. The lowest BCUT2D eigenvalue weighted by Gasteiger charge is -2.47. The lowest BCUT2D eigenvalue weighted by atomic mass is 9.55. The number of halogens is 3. The number of hydrogen-bond acceptors (Lipinski definition) is 5. The van der Waals surface area contributed by atoms with Crippen LogP contribution in [0.2, 0.25) is 10.0 Å². The molecule has 1 saturated heterocycles. The lowest BCUT2D eigenvalue weighted by molar-refractivity contribution is -0.146. The highest BCUT2D eigenvalue weighted by Gasteiger charge is 2.72. The predicted octanol–water partition coefficient (Wildman–Crippen LogP) is 5.63. The monoisotopic (exact) mass is 601 g/mol. The zero-order valence-corrected chi connectivity index (χ0v) is 24.4. The van der Waals surface area contributed by atoms with Crippen molar-refractivity contribution in [3.63, 3.8) is 0 Å². The average molecular weight is 603 g/mol. The van der Waals surface area contributed by atoms with Crippen molar-refractivity contribution < 1.29 is 23.5 Å². The molecule has 2 aromatic rings. The van der Waals surface area contributed by atoms with Gasteiger partial charge in [0.1, 0.15) is 11.2 Å². The molecule has 3 N–H and O–H groups in total. The first-order valence-corrected chi connectivity index (χ1v) is 15.2. The SMILES string of the molecule is COC(=O)C1CCC(NC(=O)[C@@H]2NC3(CCCCC3)[C@@]3(C(=O)Nc4cc(Cl)ccc43)[C@H]2c2cccc(Cl)c2F)CC1. The molecule has 0 bridgehead atoms. The maximum atomic E-state index is 16.0. The van der Waals surface area contributed by atoms with E-state index in [9.17, 15) is 14.4 Å². The Kier molecular flexibility index (Phi) is 7.54. The van der Waals surface area contributed by atoms with E-state index in [0.717, 1.165) is 24.8 Å². The quantitative estimate of drug-likeness (QED) is 0.395. The van der Waals surface area contributed by atoms with Gasteiger partial charge in [0.05, 0.1) is 24.1 Å². The first-order valence-electron chi connectivity index (χ1n) is 14.4. The van der Waals surface area contributed by atoms with Crippen LogP contribution in [0.1, 0.15) is 74.8 Å². The molecule has 2 aliphatic heterocycles. The van der Waals surface area contributed by atoms with E-state index < -0.39 is 28.7 Å². The second-order valence-corrected chi connectivity index (χ2v) is 12.8. The minimum atomic E-state index is -1.26. The summed E-state index contributed by atoms with van der Waals surface area (Å²) in [7, 11) is 1.39. The van der Waals surface area contributed by atoms with Crippen LogP contribution in [0, 0.1) is 11.7 Å². The van der Waals surface area contributed by atoms with Crippen molar-refractivity contribution >= 4 is 46.7 Å². The summed E-state index contributed by atoms with van der Waals surface area (Å²) in [6.45, 7) is 0. The molecule has 2 heterocycles. The van der Waals surface area contributed by atoms with Crippen LogP contribution < -0.4 is 16.0 Å². The van der Waals surface area contributed by atoms with Gasteiger partial charge in [-0.3, -0.25) is 19.7 Å². The highest BCUT2D eigenvalue weighted by atomic mass is 35.5. The molecule has 4 aliphatic rings. The second-order valence-electron chi connectivity index (χ2n) is 11.9. The summed E-state index contributed by atoms with van der Waals surface area (Å²) in [6.07, 6.45) is 6.59. The number of fused-ring (bicyclic) bond motifs is 3. The highest BCUT2D eigenvalue weighted by Crippen LogP contribution is 2.62. The first kappa shape index (κ1) is 28.4. The van der Waals surface area contributed by atoms with Gasteiger partial charge < -0.3 is 15.4 Å². The molecule has 3 atom stereocenters. The standard InChI is InChI=1S/C31H34Cl2FN3O4/c1-41-28(39)17-8-11-19(12-9-17)35-27(38)26-24(20-6-5-7-22(33)25(20)34)31(30(37-26)14-3-2-4-15-30)21-13-10-18(32)16-23(21)36-29(31)40/h5-7,10,13,16-17,19,24,26,37H,2-4,8-9,11-12,14-15H2,1H3,(H,35,38)(H,36,40)/t17?,19?,24-,26+,31+/m0/s1. The molecule has 7 nitrogen and oxygen atoms in total. The molecule has 2 saturated carbocycles. The third-order valence-electron chi connectivity index (χ3n) is 9.91. The third-order valence-corrected chi connectivity index (χ3v) is 10.4. The molecule has 2 amide bonds. The fourth-order valence-electron chi connectivity index (χ4n) is 8.15. The largest absolute Gasteiger partial charge is 0.469 e. The molecular formula is C31H34Cl2FN3O4. The van der Waals surface area contributed by atoms with Gasteiger partial charge in [0.15, 0.2) is 0 Å². The number of carbonyl (C=O) groups is 3. The number of hydrogen-bond donors (Lipinski definition) is 3. The van der Waals surface area contributed by atoms with Crippen LogP contribution in [0.25, 0.3) is 0 Å². The Bertz CT molecular complexity index is 1390. The molecule has 0 aromatic heterocycles. The van der Waals surface area contributed by atoms with Gasteiger partial charge in [-0.1, -0.05) is 60.7 Å². The Balaban J connectivity index is 1.45. The zero-order valence-electron chi connectivity index (χ0n) is 22.9. The molecule has 0 radical (unpaired) electrons. The Hall–Kier alpha value is -2.68. The summed E-state index contributed by atoms with van der Waals surface area (Å²) >= 11 is 12.6. The van der Waals surface area contributed by atoms with Crippen LogP contribution in [0.4, 0.5) is 10.1 Å². The highest BCUT2D eigenvalue weighted by molar-refractivity contribution is 6.31. The Morgan fingerprint density at radius 1 is 1.05 bits per heavy atom. The van der Waals surface area contributed by atoms with Crippen molar-refractivity contribution in [2.45, 2.75) is 86.7 Å². The van der Waals surface area contributed by atoms with Crippen LogP contribution in [-0.4, -0.2) is 42.5 Å². The number of rotatable bonds is 4. The number of anilines is 1. The van der Waals surface area contributed by atoms with E-state index in [4.69, 9.17) is 27.9 Å². The van der Waals surface area contributed by atoms with E-state index in [1.54, 1.807) is 24.3 Å². The van der Waals surface area contributed by atoms with Crippen LogP contribution in [-0.2, 0) is 24.5 Å². The topological polar surface area (TPSA) is 96.5 Å². The lowest BCUT2D eigenvalue weighted by Crippen LogP contribution is -2.60. The van der Waals surface area contributed by atoms with E-state index in [-0.39, 0.29) is 40.3 Å². The molecule has 10 heteroatoms. The van der Waals surface area contributed by atoms with Crippen LogP contribution >= 0.6 is 23.2 Å². The van der Waals surface area contributed by atoms with E-state index in [2.05, 4.69) is 16.0 Å². The minimum absolute atomic E-state index is 0.0581. The predicted molar refractivity (Wildman–Crippen MR) is 155 cm³/mol. The molecule has 2 aliphatic carbocycles. The van der Waals surface area contributed by atoms with Gasteiger partial charge in [-0.25, -0.2) is 4.39 Å². The van der Waals surface area contributed by atoms with E-state index in [1.807, 2.05) is 6.07 Å². The Labute approximate surface area is 248 Å². The maximum Gasteiger partial charge on any atom is 0.308 e. The van der Waals surface area contributed by atoms with Crippen LogP contribution in [0.5, 0.6) is 0 Å². The number of ether oxygens (including phenoxy) is 1. The summed E-state index contributed by atoms with van der Waals surface area (Å²) in [6, 6.07) is 9.06. The number of esters is 1. The van der Waals surface area contributed by atoms with Crippen molar-refractivity contribution in [3.8, 4) is 0 Å². The van der Waals surface area contributed by atoms with Crippen molar-refractivity contribution in [1.29, 1.82) is 0 Å². The summed E-state index contributed by atoms with van der Waals surface area (Å²) in [5.74, 6) is -2.44. The zero-order chi connectivity index (χ0) is 28.9. The van der Waals surface area contributed by atoms with Gasteiger partial charge in [0, 0.05) is 28.2 Å². The second kappa shape index (κ2) is 10.9.